The van der Waals surface area contributed by atoms with E-state index in [4.69, 9.17) is 9.47 Å². The summed E-state index contributed by atoms with van der Waals surface area (Å²) >= 11 is 0. The molecule has 6 rings (SSSR count). The Balaban J connectivity index is 1.34. The fraction of sp³-hybridized carbons (Fsp3) is 0.130. The minimum atomic E-state index is -1.79. The van der Waals surface area contributed by atoms with Crippen molar-refractivity contribution in [3.8, 4) is 0 Å². The van der Waals surface area contributed by atoms with Gasteiger partial charge in [-0.3, -0.25) is 19.2 Å². The van der Waals surface area contributed by atoms with Gasteiger partial charge in [-0.1, -0.05) is 72.8 Å². The van der Waals surface area contributed by atoms with Gasteiger partial charge in [0.25, 0.3) is 0 Å². The van der Waals surface area contributed by atoms with Gasteiger partial charge in [-0.15, -0.1) is 0 Å². The highest BCUT2D eigenvalue weighted by Gasteiger charge is 2.46. The Morgan fingerprint density at radius 3 is 0.870 bits per heavy atom. The molecule has 0 aliphatic carbocycles. The van der Waals surface area contributed by atoms with E-state index in [9.17, 15) is 19.2 Å². The van der Waals surface area contributed by atoms with E-state index in [1.807, 2.05) is 131 Å². The average Bonchev–Trinajstić information content (AvgIpc) is 3.22. The number of hydrogen-bond acceptors (Lipinski definition) is 8. The molecule has 2 unspecified atom stereocenters. The first-order chi connectivity index (χ1) is 26.4. The summed E-state index contributed by atoms with van der Waals surface area (Å²) in [6.07, 6.45) is 0. The number of para-hydroxylation sites is 4. The van der Waals surface area contributed by atoms with Crippen LogP contribution in [0.2, 0.25) is 0 Å². The van der Waals surface area contributed by atoms with Crippen molar-refractivity contribution in [2.24, 2.45) is 11.8 Å². The first-order valence-corrected chi connectivity index (χ1v) is 17.8. The van der Waals surface area contributed by atoms with Crippen molar-refractivity contribution in [2.45, 2.75) is 13.8 Å². The second-order valence-electron chi connectivity index (χ2n) is 12.3. The highest BCUT2D eigenvalue weighted by atomic mass is 16.5. The molecule has 0 fully saturated rings. The molecule has 0 saturated heterocycles. The number of esters is 2. The highest BCUT2D eigenvalue weighted by Crippen LogP contribution is 2.36. The van der Waals surface area contributed by atoms with Gasteiger partial charge >= 0.3 is 11.9 Å². The van der Waals surface area contributed by atoms with Crippen LogP contribution in [-0.2, 0) is 19.1 Å². The van der Waals surface area contributed by atoms with Crippen LogP contribution in [-0.4, -0.2) is 36.7 Å². The molecule has 0 aromatic heterocycles. The fourth-order valence-electron chi connectivity index (χ4n) is 6.36. The highest BCUT2D eigenvalue weighted by molar-refractivity contribution is 6.19. The van der Waals surface area contributed by atoms with Gasteiger partial charge < -0.3 is 19.3 Å². The van der Waals surface area contributed by atoms with Crippen molar-refractivity contribution < 1.29 is 28.7 Å². The zero-order valence-electron chi connectivity index (χ0n) is 30.1. The molecule has 0 heterocycles. The number of carbonyl (C=O) groups excluding carboxylic acids is 4. The van der Waals surface area contributed by atoms with Gasteiger partial charge in [0.05, 0.1) is 13.2 Å². The smallest absolute Gasteiger partial charge is 0.318 e. The first-order valence-electron chi connectivity index (χ1n) is 17.8. The van der Waals surface area contributed by atoms with Crippen molar-refractivity contribution in [1.82, 2.24) is 0 Å². The van der Waals surface area contributed by atoms with Crippen LogP contribution in [0.3, 0.4) is 0 Å². The monoisotopic (exact) mass is 716 g/mol. The fourth-order valence-corrected chi connectivity index (χ4v) is 6.36. The van der Waals surface area contributed by atoms with Crippen LogP contribution in [0.25, 0.3) is 0 Å². The van der Waals surface area contributed by atoms with Gasteiger partial charge in [0, 0.05) is 45.3 Å². The summed E-state index contributed by atoms with van der Waals surface area (Å²) < 4.78 is 10.7. The quantitative estimate of drug-likeness (QED) is 0.0589. The molecule has 0 bridgehead atoms. The first kappa shape index (κ1) is 37.0. The third-order valence-corrected chi connectivity index (χ3v) is 8.86. The number of ether oxygens (including phenoxy) is 2. The lowest BCUT2D eigenvalue weighted by Crippen LogP contribution is -2.42. The molecule has 0 aliphatic heterocycles. The van der Waals surface area contributed by atoms with Crippen molar-refractivity contribution in [3.63, 3.8) is 0 Å². The van der Waals surface area contributed by atoms with Gasteiger partial charge in [-0.05, 0) is 111 Å². The van der Waals surface area contributed by atoms with E-state index in [1.165, 1.54) is 0 Å². The minimum Gasteiger partial charge on any atom is -0.465 e. The number of carbonyl (C=O) groups is 4. The number of hydrogen-bond donors (Lipinski definition) is 0. The minimum absolute atomic E-state index is 0.0576. The molecular formula is C46H40N2O6. The number of anilines is 6. The third kappa shape index (κ3) is 8.29. The molecule has 270 valence electrons. The van der Waals surface area contributed by atoms with Gasteiger partial charge in [0.15, 0.2) is 11.6 Å². The molecule has 2 atom stereocenters. The van der Waals surface area contributed by atoms with Crippen LogP contribution in [0.4, 0.5) is 34.1 Å². The molecule has 8 nitrogen and oxygen atoms in total. The Morgan fingerprint density at radius 1 is 0.389 bits per heavy atom. The molecule has 0 radical (unpaired) electrons. The predicted molar refractivity (Wildman–Crippen MR) is 211 cm³/mol. The van der Waals surface area contributed by atoms with Crippen LogP contribution in [0.15, 0.2) is 170 Å². The molecule has 0 saturated carbocycles. The van der Waals surface area contributed by atoms with E-state index in [2.05, 4.69) is 0 Å². The summed E-state index contributed by atoms with van der Waals surface area (Å²) in [5.41, 5.74) is 5.41. The Hall–Kier alpha value is -6.80. The Kier molecular flexibility index (Phi) is 12.1. The Morgan fingerprint density at radius 2 is 0.630 bits per heavy atom. The lowest BCUT2D eigenvalue weighted by Gasteiger charge is -2.26. The Labute approximate surface area is 315 Å². The predicted octanol–water partition coefficient (Wildman–Crippen LogP) is 10.1. The van der Waals surface area contributed by atoms with E-state index in [-0.39, 0.29) is 24.3 Å². The number of rotatable bonds is 15. The van der Waals surface area contributed by atoms with Crippen molar-refractivity contribution >= 4 is 57.6 Å². The van der Waals surface area contributed by atoms with E-state index in [1.54, 1.807) is 62.4 Å². The maximum atomic E-state index is 14.3. The molecule has 6 aromatic rings. The van der Waals surface area contributed by atoms with E-state index >= 15 is 0 Å². The van der Waals surface area contributed by atoms with E-state index in [0.717, 1.165) is 34.1 Å². The largest absolute Gasteiger partial charge is 0.465 e. The summed E-state index contributed by atoms with van der Waals surface area (Å²) in [6.45, 7) is 3.08. The SMILES string of the molecule is CCOC(=O)C(C(=O)c1ccc(N(c2ccccc2)c2ccccc2)cc1)C(C(=O)OCC)C(=O)c1ccc(N(c2ccccc2)c2ccccc2)cc1. The molecule has 0 aliphatic rings. The van der Waals surface area contributed by atoms with Gasteiger partial charge in [0.1, 0.15) is 11.8 Å². The maximum Gasteiger partial charge on any atom is 0.318 e. The molecule has 0 amide bonds. The summed E-state index contributed by atoms with van der Waals surface area (Å²) in [6, 6.07) is 52.5. The van der Waals surface area contributed by atoms with Gasteiger partial charge in [-0.25, -0.2) is 0 Å². The second-order valence-corrected chi connectivity index (χ2v) is 12.3. The van der Waals surface area contributed by atoms with E-state index in [0.29, 0.717) is 0 Å². The van der Waals surface area contributed by atoms with Gasteiger partial charge in [0.2, 0.25) is 0 Å². The topological polar surface area (TPSA) is 93.2 Å². The zero-order chi connectivity index (χ0) is 37.9. The number of nitrogens with zero attached hydrogens (tertiary/aromatic N) is 2. The lowest BCUT2D eigenvalue weighted by atomic mass is 9.80. The average molecular weight is 717 g/mol. The molecule has 0 spiro atoms. The van der Waals surface area contributed by atoms with Crippen LogP contribution < -0.4 is 9.80 Å². The summed E-state index contributed by atoms with van der Waals surface area (Å²) in [5, 5.41) is 0. The third-order valence-electron chi connectivity index (χ3n) is 8.86. The molecular weight excluding hydrogens is 677 g/mol. The van der Waals surface area contributed by atoms with Crippen LogP contribution >= 0.6 is 0 Å². The number of benzene rings is 6. The second kappa shape index (κ2) is 17.6. The summed E-state index contributed by atoms with van der Waals surface area (Å²) in [7, 11) is 0. The maximum absolute atomic E-state index is 14.3. The van der Waals surface area contributed by atoms with Crippen LogP contribution in [0, 0.1) is 11.8 Å². The normalized spacial score (nSPS) is 11.8. The summed E-state index contributed by atoms with van der Waals surface area (Å²) in [5.74, 6) is -6.99. The summed E-state index contributed by atoms with van der Waals surface area (Å²) in [4.78, 5) is 60.0. The van der Waals surface area contributed by atoms with Crippen molar-refractivity contribution in [3.05, 3.63) is 181 Å². The molecule has 0 N–H and O–H groups in total. The zero-order valence-corrected chi connectivity index (χ0v) is 30.1. The lowest BCUT2D eigenvalue weighted by molar-refractivity contribution is -0.156. The molecule has 6 aromatic carbocycles. The molecule has 8 heteroatoms. The number of ketones is 2. The van der Waals surface area contributed by atoms with Crippen LogP contribution in [0.5, 0.6) is 0 Å². The number of Topliss-reactive ketones (excluding diaryl/α,β-unsaturated/α-hetero) is 2. The van der Waals surface area contributed by atoms with Crippen molar-refractivity contribution in [2.75, 3.05) is 23.0 Å². The van der Waals surface area contributed by atoms with Crippen LogP contribution in [0.1, 0.15) is 34.6 Å². The van der Waals surface area contributed by atoms with Crippen molar-refractivity contribution in [1.29, 1.82) is 0 Å². The van der Waals surface area contributed by atoms with E-state index < -0.39 is 35.3 Å². The Bertz CT molecular complexity index is 1920. The molecule has 54 heavy (non-hydrogen) atoms. The van der Waals surface area contributed by atoms with Gasteiger partial charge in [-0.2, -0.15) is 0 Å². The standard InChI is InChI=1S/C46H40N2O6/c1-3-53-45(51)41(43(49)33-25-29-39(30-26-33)47(35-17-9-5-10-18-35)36-19-11-6-12-20-36)42(46(52)54-4-2)44(50)34-27-31-40(32-28-34)48(37-21-13-7-14-22-37)38-23-15-8-16-24-38/h5-32,41-42H,3-4H2,1-2H3.